The molecule has 11 nitrogen and oxygen atoms in total. The third-order valence-corrected chi connectivity index (χ3v) is 10.1. The average molecular weight is 774 g/mol. The fraction of sp³-hybridized carbons (Fsp3) is 0.475. The molecule has 2 heterocycles. The number of aliphatic hydroxyl groups excluding tert-OH is 1. The number of aromatic nitrogens is 2. The number of aliphatic hydroxyl groups is 1. The van der Waals surface area contributed by atoms with Crippen LogP contribution in [0.3, 0.4) is 0 Å². The lowest BCUT2D eigenvalue weighted by atomic mass is 9.93. The van der Waals surface area contributed by atoms with Crippen molar-refractivity contribution in [3.8, 4) is 5.75 Å². The normalized spacial score (nSPS) is 21.7. The van der Waals surface area contributed by atoms with Gasteiger partial charge in [-0.1, -0.05) is 74.6 Å². The number of unbranched alkanes of at least 4 members (excludes halogenated alkanes) is 1. The first-order valence-corrected chi connectivity index (χ1v) is 20.1. The molecule has 1 saturated heterocycles. The Hall–Kier alpha value is -4.00. The lowest BCUT2D eigenvalue weighted by molar-refractivity contribution is -0.119. The quantitative estimate of drug-likeness (QED) is 0.0517. The van der Waals surface area contributed by atoms with E-state index >= 15 is 4.39 Å². The minimum atomic E-state index is -4.25. The Morgan fingerprint density at radius 2 is 1.54 bits per heavy atom. The number of alkyl halides is 1. The molecule has 2 aromatic rings. The predicted octanol–water partition coefficient (Wildman–Crippen LogP) is 8.12. The topological polar surface area (TPSA) is 149 Å². The van der Waals surface area contributed by atoms with Crippen LogP contribution >= 0.6 is 7.75 Å². The van der Waals surface area contributed by atoms with E-state index in [9.17, 15) is 28.4 Å². The number of benzene rings is 1. The number of Topliss-reactive ketones (excluding diaryl/α,β-unsaturated/α-hetero) is 1. The number of hydrogen-bond donors (Lipinski definition) is 3. The van der Waals surface area contributed by atoms with E-state index in [-0.39, 0.29) is 30.9 Å². The second-order valence-electron chi connectivity index (χ2n) is 12.8. The molecule has 3 rings (SSSR count). The van der Waals surface area contributed by atoms with Gasteiger partial charge in [0.1, 0.15) is 29.6 Å². The largest absolute Gasteiger partial charge is 0.458 e. The van der Waals surface area contributed by atoms with Crippen molar-refractivity contribution in [3.05, 3.63) is 124 Å². The molecule has 1 aromatic heterocycles. The van der Waals surface area contributed by atoms with E-state index in [4.69, 9.17) is 13.8 Å². The second-order valence-corrected chi connectivity index (χ2v) is 14.5. The molecule has 3 N–H and O–H groups in total. The Kier molecular flexibility index (Phi) is 19.5. The summed E-state index contributed by atoms with van der Waals surface area (Å²) in [5.74, 6) is -0.489. The van der Waals surface area contributed by atoms with E-state index < -0.39 is 55.5 Å². The minimum Gasteiger partial charge on any atom is -0.413 e. The summed E-state index contributed by atoms with van der Waals surface area (Å²) in [5.41, 5.74) is -4.09. The number of halogens is 2. The third-order valence-electron chi connectivity index (χ3n) is 8.57. The van der Waals surface area contributed by atoms with Crippen LogP contribution in [0.1, 0.15) is 90.7 Å². The van der Waals surface area contributed by atoms with Crippen LogP contribution in [-0.2, 0) is 18.6 Å². The molecule has 1 aliphatic heterocycles. The van der Waals surface area contributed by atoms with Crippen molar-refractivity contribution in [1.82, 2.24) is 14.6 Å². The number of carbonyl (C=O) groups is 1. The van der Waals surface area contributed by atoms with E-state index in [1.165, 1.54) is 19.1 Å². The maximum absolute atomic E-state index is 16.0. The van der Waals surface area contributed by atoms with Crippen LogP contribution in [-0.4, -0.2) is 51.5 Å². The summed E-state index contributed by atoms with van der Waals surface area (Å²) in [7, 11) is -4.25. The van der Waals surface area contributed by atoms with Gasteiger partial charge in [-0.25, -0.2) is 23.2 Å². The van der Waals surface area contributed by atoms with Gasteiger partial charge in [-0.3, -0.25) is 23.7 Å². The lowest BCUT2D eigenvalue weighted by Gasteiger charge is -2.27. The lowest BCUT2D eigenvalue weighted by Crippen LogP contribution is -2.45. The summed E-state index contributed by atoms with van der Waals surface area (Å²) < 4.78 is 61.0. The fourth-order valence-corrected chi connectivity index (χ4v) is 6.94. The van der Waals surface area contributed by atoms with Gasteiger partial charge < -0.3 is 14.4 Å². The molecule has 0 saturated carbocycles. The van der Waals surface area contributed by atoms with E-state index in [2.05, 4.69) is 72.8 Å². The zero-order valence-electron chi connectivity index (χ0n) is 31.1. The van der Waals surface area contributed by atoms with Crippen LogP contribution in [0.5, 0.6) is 5.75 Å². The Morgan fingerprint density at radius 1 is 0.944 bits per heavy atom. The van der Waals surface area contributed by atoms with Crippen LogP contribution in [0.2, 0.25) is 0 Å². The summed E-state index contributed by atoms with van der Waals surface area (Å²) in [6, 6.07) is 5.72. The first kappa shape index (κ1) is 44.4. The maximum Gasteiger partial charge on any atom is 0.458 e. The van der Waals surface area contributed by atoms with E-state index in [1.807, 2.05) is 4.98 Å². The molecule has 1 aromatic carbocycles. The molecule has 296 valence electrons. The molecule has 5 atom stereocenters. The van der Waals surface area contributed by atoms with Crippen molar-refractivity contribution in [2.45, 2.75) is 109 Å². The second kappa shape index (κ2) is 23.7. The monoisotopic (exact) mass is 773 g/mol. The van der Waals surface area contributed by atoms with Gasteiger partial charge in [-0.2, -0.15) is 0 Å². The van der Waals surface area contributed by atoms with Gasteiger partial charge in [0.25, 0.3) is 5.56 Å². The van der Waals surface area contributed by atoms with Crippen LogP contribution < -0.4 is 20.9 Å². The maximum atomic E-state index is 16.0. The van der Waals surface area contributed by atoms with Crippen LogP contribution in [0.4, 0.5) is 8.78 Å². The predicted molar refractivity (Wildman–Crippen MR) is 207 cm³/mol. The van der Waals surface area contributed by atoms with Crippen molar-refractivity contribution >= 4 is 13.5 Å². The molecule has 0 bridgehead atoms. The highest BCUT2D eigenvalue weighted by molar-refractivity contribution is 7.52. The molecule has 0 amide bonds. The standard InChI is InChI=1S/C40H54F2N3O8P/c1-3-5-6-7-8-9-10-11-12-13-14-15-16-17-18-19-20-22-33(46)23-21-29-43-54(50,53-34-26-24-32(41)25-27-34)51-31-35-37(48)40(42,4-2)38(52-35)45-30-28-36(47)44-39(45)49/h5-6,8-9,11-12,14-15,17-18,24-28,30,35,37-38,48H,3-4,7,10,13,16,19-23,29,31H2,1-2H3,(H,43,50)(H,44,47,49)/b6-5-,9-8-,12-11-,15-14-,18-17-/t35-,37-,38-,40-,54?/m1/s1. The molecule has 1 fully saturated rings. The summed E-state index contributed by atoms with van der Waals surface area (Å²) in [6.45, 7) is 3.00. The molecule has 0 radical (unpaired) electrons. The van der Waals surface area contributed by atoms with Gasteiger partial charge in [0.2, 0.25) is 0 Å². The van der Waals surface area contributed by atoms with Crippen molar-refractivity contribution < 1.29 is 37.0 Å². The van der Waals surface area contributed by atoms with Gasteiger partial charge in [0, 0.05) is 31.6 Å². The van der Waals surface area contributed by atoms with Gasteiger partial charge in [0.05, 0.1) is 6.61 Å². The Balaban J connectivity index is 1.42. The number of ketones is 1. The van der Waals surface area contributed by atoms with Crippen LogP contribution in [0.25, 0.3) is 0 Å². The Labute approximate surface area is 316 Å². The molecule has 1 unspecified atom stereocenters. The van der Waals surface area contributed by atoms with Crippen molar-refractivity contribution in [2.24, 2.45) is 0 Å². The summed E-state index contributed by atoms with van der Waals surface area (Å²) in [4.78, 5) is 38.4. The molecular weight excluding hydrogens is 719 g/mol. The average Bonchev–Trinajstić information content (AvgIpc) is 3.40. The zero-order valence-corrected chi connectivity index (χ0v) is 32.0. The third kappa shape index (κ3) is 15.0. The molecule has 14 heteroatoms. The zero-order chi connectivity index (χ0) is 39.2. The summed E-state index contributed by atoms with van der Waals surface area (Å²) in [6.07, 6.45) is 24.4. The number of H-pyrrole nitrogens is 1. The van der Waals surface area contributed by atoms with Crippen LogP contribution in [0.15, 0.2) is 107 Å². The molecule has 0 spiro atoms. The van der Waals surface area contributed by atoms with Crippen LogP contribution in [0, 0.1) is 5.82 Å². The number of aromatic amines is 1. The highest BCUT2D eigenvalue weighted by atomic mass is 31.2. The smallest absolute Gasteiger partial charge is 0.413 e. The Bertz CT molecular complexity index is 1750. The number of rotatable bonds is 25. The number of nitrogens with one attached hydrogen (secondary N) is 2. The molecule has 1 aliphatic rings. The number of ether oxygens (including phenoxy) is 1. The minimum absolute atomic E-state index is 0.0114. The SMILES string of the molecule is CC/C=C\C/C=C\C/C=C\C/C=C\C/C=C\CCCC(=O)CCCNP(=O)(OC[C@H]1O[C@@H](n2ccc(=O)[nH]c2=O)[C@@](F)(CC)[C@@H]1O)Oc1ccc(F)cc1. The number of hydrogen-bond acceptors (Lipinski definition) is 8. The number of allylic oxidation sites excluding steroid dienone is 10. The first-order valence-electron chi connectivity index (χ1n) is 18.6. The fourth-order valence-electron chi connectivity index (χ4n) is 5.55. The summed E-state index contributed by atoms with van der Waals surface area (Å²) >= 11 is 0. The highest BCUT2D eigenvalue weighted by Gasteiger charge is 2.57. The van der Waals surface area contributed by atoms with Gasteiger partial charge in [-0.15, -0.1) is 0 Å². The summed E-state index contributed by atoms with van der Waals surface area (Å²) in [5, 5.41) is 13.6. The van der Waals surface area contributed by atoms with Gasteiger partial charge >= 0.3 is 13.4 Å². The van der Waals surface area contributed by atoms with E-state index in [1.54, 1.807) is 0 Å². The van der Waals surface area contributed by atoms with Gasteiger partial charge in [0.15, 0.2) is 11.9 Å². The highest BCUT2D eigenvalue weighted by Crippen LogP contribution is 2.48. The first-order chi connectivity index (χ1) is 26.0. The van der Waals surface area contributed by atoms with Crippen molar-refractivity contribution in [3.63, 3.8) is 0 Å². The van der Waals surface area contributed by atoms with E-state index in [0.717, 1.165) is 67.5 Å². The van der Waals surface area contributed by atoms with Crippen molar-refractivity contribution in [2.75, 3.05) is 13.2 Å². The molecule has 54 heavy (non-hydrogen) atoms. The molecular formula is C40H54F2N3O8P. The van der Waals surface area contributed by atoms with Gasteiger partial charge in [-0.05, 0) is 82.1 Å². The number of carbonyl (C=O) groups excluding carboxylic acids is 1. The van der Waals surface area contributed by atoms with E-state index in [0.29, 0.717) is 19.3 Å². The number of nitrogens with zero attached hydrogens (tertiary/aromatic N) is 1. The van der Waals surface area contributed by atoms with Crippen molar-refractivity contribution in [1.29, 1.82) is 0 Å². The Morgan fingerprint density at radius 3 is 2.13 bits per heavy atom. The molecule has 0 aliphatic carbocycles.